The molecule has 1 fully saturated rings. The van der Waals surface area contributed by atoms with E-state index in [0.29, 0.717) is 24.3 Å². The van der Waals surface area contributed by atoms with Crippen LogP contribution in [0.5, 0.6) is 11.5 Å². The predicted molar refractivity (Wildman–Crippen MR) is 101 cm³/mol. The summed E-state index contributed by atoms with van der Waals surface area (Å²) >= 11 is 0. The van der Waals surface area contributed by atoms with E-state index < -0.39 is 0 Å². The Hall–Kier alpha value is -2.24. The van der Waals surface area contributed by atoms with E-state index in [1.165, 1.54) is 25.7 Å². The van der Waals surface area contributed by atoms with Gasteiger partial charge in [-0.3, -0.25) is 9.59 Å². The van der Waals surface area contributed by atoms with Crippen LogP contribution >= 0.6 is 0 Å². The lowest BCUT2D eigenvalue weighted by atomic mass is 10.1. The number of hydrogen-bond acceptors (Lipinski definition) is 4. The minimum atomic E-state index is -0.129. The maximum absolute atomic E-state index is 12.0. The Morgan fingerprint density at radius 2 is 1.69 bits per heavy atom. The first kappa shape index (κ1) is 20.1. The van der Waals surface area contributed by atoms with Crippen LogP contribution in [0, 0.1) is 0 Å². The lowest BCUT2D eigenvalue weighted by Gasteiger charge is -2.16. The maximum atomic E-state index is 12.0. The molecule has 6 nitrogen and oxygen atoms in total. The highest BCUT2D eigenvalue weighted by Crippen LogP contribution is 2.27. The SMILES string of the molecule is COc1ccc(CCC(=O)NCC(=O)NC2CCCCCC2)cc1OC. The van der Waals surface area contributed by atoms with Crippen LogP contribution in [0.3, 0.4) is 0 Å². The fourth-order valence-corrected chi connectivity index (χ4v) is 3.26. The molecule has 144 valence electrons. The highest BCUT2D eigenvalue weighted by Gasteiger charge is 2.15. The van der Waals surface area contributed by atoms with Crippen LogP contribution in [-0.2, 0) is 16.0 Å². The van der Waals surface area contributed by atoms with Crippen molar-refractivity contribution in [1.82, 2.24) is 10.6 Å². The standard InChI is InChI=1S/C20H30N2O4/c1-25-17-11-9-15(13-18(17)26-2)10-12-19(23)21-14-20(24)22-16-7-5-3-4-6-8-16/h9,11,13,16H,3-8,10,12,14H2,1-2H3,(H,21,23)(H,22,24). The smallest absolute Gasteiger partial charge is 0.239 e. The van der Waals surface area contributed by atoms with Gasteiger partial charge in [0.05, 0.1) is 20.8 Å². The van der Waals surface area contributed by atoms with Crippen molar-refractivity contribution in [3.63, 3.8) is 0 Å². The van der Waals surface area contributed by atoms with Gasteiger partial charge < -0.3 is 20.1 Å². The molecule has 1 aromatic rings. The Kier molecular flexibility index (Phi) is 8.25. The molecule has 0 aliphatic heterocycles. The summed E-state index contributed by atoms with van der Waals surface area (Å²) in [5.41, 5.74) is 0.987. The van der Waals surface area contributed by atoms with Crippen molar-refractivity contribution < 1.29 is 19.1 Å². The van der Waals surface area contributed by atoms with Crippen molar-refractivity contribution in [3.05, 3.63) is 23.8 Å². The van der Waals surface area contributed by atoms with Crippen molar-refractivity contribution in [3.8, 4) is 11.5 Å². The number of methoxy groups -OCH3 is 2. The highest BCUT2D eigenvalue weighted by molar-refractivity contribution is 5.84. The second kappa shape index (κ2) is 10.7. The number of hydrogen-bond donors (Lipinski definition) is 2. The van der Waals surface area contributed by atoms with Crippen molar-refractivity contribution in [2.75, 3.05) is 20.8 Å². The molecule has 1 aliphatic carbocycles. The van der Waals surface area contributed by atoms with Crippen LogP contribution in [0.4, 0.5) is 0 Å². The second-order valence-corrected chi connectivity index (χ2v) is 6.72. The van der Waals surface area contributed by atoms with Crippen molar-refractivity contribution in [2.45, 2.75) is 57.4 Å². The Bertz CT molecular complexity index is 595. The maximum Gasteiger partial charge on any atom is 0.239 e. The molecule has 2 N–H and O–H groups in total. The van der Waals surface area contributed by atoms with Crippen LogP contribution in [0.25, 0.3) is 0 Å². The third-order valence-electron chi connectivity index (χ3n) is 4.76. The molecule has 0 radical (unpaired) electrons. The van der Waals surface area contributed by atoms with E-state index >= 15 is 0 Å². The van der Waals surface area contributed by atoms with Gasteiger partial charge in [0.1, 0.15) is 0 Å². The van der Waals surface area contributed by atoms with Gasteiger partial charge in [0.15, 0.2) is 11.5 Å². The van der Waals surface area contributed by atoms with Crippen LogP contribution in [0.1, 0.15) is 50.5 Å². The minimum Gasteiger partial charge on any atom is -0.493 e. The normalized spacial score (nSPS) is 15.0. The van der Waals surface area contributed by atoms with E-state index in [9.17, 15) is 9.59 Å². The molecule has 1 aromatic carbocycles. The van der Waals surface area contributed by atoms with Gasteiger partial charge in [0.2, 0.25) is 11.8 Å². The number of aryl methyl sites for hydroxylation is 1. The largest absolute Gasteiger partial charge is 0.493 e. The van der Waals surface area contributed by atoms with Gasteiger partial charge in [-0.05, 0) is 37.0 Å². The molecular formula is C20H30N2O4. The summed E-state index contributed by atoms with van der Waals surface area (Å²) in [6.45, 7) is 0.0429. The zero-order valence-electron chi connectivity index (χ0n) is 15.8. The van der Waals surface area contributed by atoms with Gasteiger partial charge in [-0.15, -0.1) is 0 Å². The summed E-state index contributed by atoms with van der Waals surface area (Å²) in [5.74, 6) is 1.08. The Morgan fingerprint density at radius 1 is 1.00 bits per heavy atom. The zero-order chi connectivity index (χ0) is 18.8. The van der Waals surface area contributed by atoms with E-state index in [4.69, 9.17) is 9.47 Å². The molecular weight excluding hydrogens is 332 g/mol. The summed E-state index contributed by atoms with van der Waals surface area (Å²) in [6, 6.07) is 5.86. The molecule has 2 rings (SSSR count). The number of amides is 2. The van der Waals surface area contributed by atoms with Crippen molar-refractivity contribution in [1.29, 1.82) is 0 Å². The summed E-state index contributed by atoms with van der Waals surface area (Å²) in [4.78, 5) is 24.0. The molecule has 1 aliphatic rings. The average molecular weight is 362 g/mol. The third-order valence-corrected chi connectivity index (χ3v) is 4.76. The first-order valence-electron chi connectivity index (χ1n) is 9.39. The number of nitrogens with one attached hydrogen (secondary N) is 2. The summed E-state index contributed by atoms with van der Waals surface area (Å²) < 4.78 is 10.5. The Labute approximate surface area is 155 Å². The number of benzene rings is 1. The molecule has 2 amide bonds. The van der Waals surface area contributed by atoms with Gasteiger partial charge in [0, 0.05) is 12.5 Å². The third kappa shape index (κ3) is 6.58. The Morgan fingerprint density at radius 3 is 2.35 bits per heavy atom. The molecule has 6 heteroatoms. The van der Waals surface area contributed by atoms with Crippen LogP contribution in [0.15, 0.2) is 18.2 Å². The molecule has 0 atom stereocenters. The number of ether oxygens (including phenoxy) is 2. The molecule has 0 saturated heterocycles. The van der Waals surface area contributed by atoms with E-state index in [1.54, 1.807) is 14.2 Å². The molecule has 26 heavy (non-hydrogen) atoms. The number of carbonyl (C=O) groups is 2. The van der Waals surface area contributed by atoms with Gasteiger partial charge in [-0.1, -0.05) is 31.7 Å². The lowest BCUT2D eigenvalue weighted by Crippen LogP contribution is -2.41. The summed E-state index contributed by atoms with van der Waals surface area (Å²) in [6.07, 6.45) is 7.82. The Balaban J connectivity index is 1.70. The summed E-state index contributed by atoms with van der Waals surface area (Å²) in [5, 5.41) is 5.73. The van der Waals surface area contributed by atoms with Gasteiger partial charge >= 0.3 is 0 Å². The van der Waals surface area contributed by atoms with Gasteiger partial charge in [0.25, 0.3) is 0 Å². The van der Waals surface area contributed by atoms with Gasteiger partial charge in [-0.25, -0.2) is 0 Å². The molecule has 1 saturated carbocycles. The number of carbonyl (C=O) groups excluding carboxylic acids is 2. The lowest BCUT2D eigenvalue weighted by molar-refractivity contribution is -0.126. The summed E-state index contributed by atoms with van der Waals surface area (Å²) in [7, 11) is 3.17. The van der Waals surface area contributed by atoms with Crippen LogP contribution < -0.4 is 20.1 Å². The van der Waals surface area contributed by atoms with E-state index in [1.807, 2.05) is 18.2 Å². The highest BCUT2D eigenvalue weighted by atomic mass is 16.5. The van der Waals surface area contributed by atoms with Crippen LogP contribution in [0.2, 0.25) is 0 Å². The van der Waals surface area contributed by atoms with Gasteiger partial charge in [-0.2, -0.15) is 0 Å². The van der Waals surface area contributed by atoms with E-state index in [2.05, 4.69) is 10.6 Å². The molecule has 0 heterocycles. The molecule has 0 bridgehead atoms. The first-order chi connectivity index (χ1) is 12.6. The predicted octanol–water partition coefficient (Wildman–Crippen LogP) is 2.59. The first-order valence-corrected chi connectivity index (χ1v) is 9.39. The fourth-order valence-electron chi connectivity index (χ4n) is 3.26. The molecule has 0 spiro atoms. The number of rotatable bonds is 8. The second-order valence-electron chi connectivity index (χ2n) is 6.72. The van der Waals surface area contributed by atoms with Crippen molar-refractivity contribution in [2.24, 2.45) is 0 Å². The zero-order valence-corrected chi connectivity index (χ0v) is 15.8. The quantitative estimate of drug-likeness (QED) is 0.697. The topological polar surface area (TPSA) is 76.7 Å². The monoisotopic (exact) mass is 362 g/mol. The van der Waals surface area contributed by atoms with E-state index in [0.717, 1.165) is 18.4 Å². The van der Waals surface area contributed by atoms with Crippen molar-refractivity contribution >= 4 is 11.8 Å². The van der Waals surface area contributed by atoms with E-state index in [-0.39, 0.29) is 24.4 Å². The molecule has 0 unspecified atom stereocenters. The molecule has 0 aromatic heterocycles. The minimum absolute atomic E-state index is 0.0429. The average Bonchev–Trinajstić information content (AvgIpc) is 2.93. The van der Waals surface area contributed by atoms with Crippen LogP contribution in [-0.4, -0.2) is 38.6 Å². The fraction of sp³-hybridized carbons (Fsp3) is 0.600.